The minimum absolute atomic E-state index is 0.160. The van der Waals surface area contributed by atoms with Gasteiger partial charge in [0.05, 0.1) is 19.1 Å². The fraction of sp³-hybridized carbons (Fsp3) is 0.571. The lowest BCUT2D eigenvalue weighted by molar-refractivity contribution is 0.389. The molecular weight excluding hydrogens is 246 g/mol. The first kappa shape index (κ1) is 15.2. The Labute approximate surface area is 114 Å². The van der Waals surface area contributed by atoms with Gasteiger partial charge in [0.25, 0.3) is 0 Å². The summed E-state index contributed by atoms with van der Waals surface area (Å²) in [6.45, 7) is 4.22. The standard InChI is InChI=1S/C14H23NO2S/c1-5-11(15)7-10-8-13(17-4)14(18-6-2)9-12(10)16-3/h8-9,11H,5-7,15H2,1-4H3. The van der Waals surface area contributed by atoms with Gasteiger partial charge in [-0.15, -0.1) is 11.8 Å². The average Bonchev–Trinajstić information content (AvgIpc) is 2.39. The van der Waals surface area contributed by atoms with E-state index < -0.39 is 0 Å². The summed E-state index contributed by atoms with van der Waals surface area (Å²) >= 11 is 1.75. The molecule has 0 fully saturated rings. The molecule has 18 heavy (non-hydrogen) atoms. The Hall–Kier alpha value is -0.870. The van der Waals surface area contributed by atoms with Gasteiger partial charge in [-0.2, -0.15) is 0 Å². The number of hydrogen-bond acceptors (Lipinski definition) is 4. The van der Waals surface area contributed by atoms with E-state index in [1.165, 1.54) is 0 Å². The largest absolute Gasteiger partial charge is 0.496 e. The molecule has 1 aromatic rings. The van der Waals surface area contributed by atoms with Gasteiger partial charge in [0, 0.05) is 6.04 Å². The number of thioether (sulfide) groups is 1. The summed E-state index contributed by atoms with van der Waals surface area (Å²) in [6.07, 6.45) is 1.77. The number of methoxy groups -OCH3 is 2. The van der Waals surface area contributed by atoms with Gasteiger partial charge in [0.2, 0.25) is 0 Å². The van der Waals surface area contributed by atoms with E-state index in [1.54, 1.807) is 26.0 Å². The minimum atomic E-state index is 0.160. The highest BCUT2D eigenvalue weighted by Gasteiger charge is 2.13. The monoisotopic (exact) mass is 269 g/mol. The smallest absolute Gasteiger partial charge is 0.132 e. The number of nitrogens with two attached hydrogens (primary N) is 1. The summed E-state index contributed by atoms with van der Waals surface area (Å²) < 4.78 is 10.9. The number of benzene rings is 1. The fourth-order valence-corrected chi connectivity index (χ4v) is 2.57. The van der Waals surface area contributed by atoms with Crippen molar-refractivity contribution in [3.8, 4) is 11.5 Å². The van der Waals surface area contributed by atoms with Crippen LogP contribution in [0.5, 0.6) is 11.5 Å². The quantitative estimate of drug-likeness (QED) is 0.773. The van der Waals surface area contributed by atoms with Crippen LogP contribution in [-0.2, 0) is 6.42 Å². The van der Waals surface area contributed by atoms with Gasteiger partial charge >= 0.3 is 0 Å². The van der Waals surface area contributed by atoms with Crippen LogP contribution in [0.15, 0.2) is 17.0 Å². The molecule has 0 aromatic heterocycles. The summed E-state index contributed by atoms with van der Waals surface area (Å²) in [5, 5.41) is 0. The summed E-state index contributed by atoms with van der Waals surface area (Å²) in [6, 6.07) is 4.25. The lowest BCUT2D eigenvalue weighted by atomic mass is 10.0. The van der Waals surface area contributed by atoms with Crippen LogP contribution in [0.1, 0.15) is 25.8 Å². The molecule has 0 bridgehead atoms. The Kier molecular flexibility index (Phi) is 6.36. The van der Waals surface area contributed by atoms with Gasteiger partial charge in [-0.3, -0.25) is 0 Å². The molecule has 1 aromatic carbocycles. The van der Waals surface area contributed by atoms with Gasteiger partial charge in [0.15, 0.2) is 0 Å². The molecule has 1 atom stereocenters. The predicted molar refractivity (Wildman–Crippen MR) is 77.9 cm³/mol. The molecule has 0 heterocycles. The first-order chi connectivity index (χ1) is 8.65. The molecule has 0 aliphatic carbocycles. The van der Waals surface area contributed by atoms with Crippen molar-refractivity contribution < 1.29 is 9.47 Å². The van der Waals surface area contributed by atoms with Crippen molar-refractivity contribution in [2.75, 3.05) is 20.0 Å². The fourth-order valence-electron chi connectivity index (χ4n) is 1.79. The maximum atomic E-state index is 6.02. The third-order valence-corrected chi connectivity index (χ3v) is 3.79. The van der Waals surface area contributed by atoms with Crippen molar-refractivity contribution in [1.29, 1.82) is 0 Å². The molecule has 1 rings (SSSR count). The summed E-state index contributed by atoms with van der Waals surface area (Å²) in [5.41, 5.74) is 7.13. The lowest BCUT2D eigenvalue weighted by Crippen LogP contribution is -2.21. The zero-order chi connectivity index (χ0) is 13.5. The molecule has 0 aliphatic heterocycles. The molecule has 1 unspecified atom stereocenters. The third-order valence-electron chi connectivity index (χ3n) is 2.87. The van der Waals surface area contributed by atoms with Crippen molar-refractivity contribution in [3.05, 3.63) is 17.7 Å². The zero-order valence-corrected chi connectivity index (χ0v) is 12.5. The molecule has 0 saturated heterocycles. The second-order valence-corrected chi connectivity index (χ2v) is 5.43. The van der Waals surface area contributed by atoms with Gasteiger partial charge in [-0.05, 0) is 36.3 Å². The highest BCUT2D eigenvalue weighted by Crippen LogP contribution is 2.36. The molecule has 0 radical (unpaired) electrons. The summed E-state index contributed by atoms with van der Waals surface area (Å²) in [7, 11) is 3.40. The lowest BCUT2D eigenvalue weighted by Gasteiger charge is -2.16. The highest BCUT2D eigenvalue weighted by atomic mass is 32.2. The van der Waals surface area contributed by atoms with E-state index in [4.69, 9.17) is 15.2 Å². The Morgan fingerprint density at radius 3 is 2.33 bits per heavy atom. The number of ether oxygens (including phenoxy) is 2. The van der Waals surface area contributed by atoms with Crippen LogP contribution in [0.2, 0.25) is 0 Å². The van der Waals surface area contributed by atoms with Gasteiger partial charge in [0.1, 0.15) is 11.5 Å². The molecule has 2 N–H and O–H groups in total. The number of rotatable bonds is 7. The van der Waals surface area contributed by atoms with E-state index in [9.17, 15) is 0 Å². The van der Waals surface area contributed by atoms with Crippen molar-refractivity contribution in [2.24, 2.45) is 5.73 Å². The SMILES string of the molecule is CCSc1cc(OC)c(CC(N)CC)cc1OC. The van der Waals surface area contributed by atoms with Gasteiger partial charge < -0.3 is 15.2 Å². The van der Waals surface area contributed by atoms with Crippen molar-refractivity contribution in [1.82, 2.24) is 0 Å². The van der Waals surface area contributed by atoms with Crippen LogP contribution in [0.25, 0.3) is 0 Å². The molecule has 0 spiro atoms. The highest BCUT2D eigenvalue weighted by molar-refractivity contribution is 7.99. The Morgan fingerprint density at radius 2 is 1.83 bits per heavy atom. The molecular formula is C14H23NO2S. The van der Waals surface area contributed by atoms with Crippen LogP contribution in [0.4, 0.5) is 0 Å². The van der Waals surface area contributed by atoms with E-state index in [2.05, 4.69) is 13.8 Å². The zero-order valence-electron chi connectivity index (χ0n) is 11.7. The predicted octanol–water partition coefficient (Wildman–Crippen LogP) is 3.10. The summed E-state index contributed by atoms with van der Waals surface area (Å²) in [5.74, 6) is 2.81. The Bertz CT molecular complexity index is 382. The van der Waals surface area contributed by atoms with Crippen LogP contribution in [0.3, 0.4) is 0 Å². The molecule has 3 nitrogen and oxygen atoms in total. The first-order valence-electron chi connectivity index (χ1n) is 6.29. The van der Waals surface area contributed by atoms with Crippen molar-refractivity contribution in [3.63, 3.8) is 0 Å². The Morgan fingerprint density at radius 1 is 1.17 bits per heavy atom. The topological polar surface area (TPSA) is 44.5 Å². The van der Waals surface area contributed by atoms with Crippen LogP contribution >= 0.6 is 11.8 Å². The normalized spacial score (nSPS) is 12.3. The van der Waals surface area contributed by atoms with Crippen LogP contribution in [-0.4, -0.2) is 26.0 Å². The van der Waals surface area contributed by atoms with Gasteiger partial charge in [-0.1, -0.05) is 13.8 Å². The van der Waals surface area contributed by atoms with E-state index >= 15 is 0 Å². The average molecular weight is 269 g/mol. The van der Waals surface area contributed by atoms with Crippen molar-refractivity contribution in [2.45, 2.75) is 37.6 Å². The molecule has 0 saturated carbocycles. The second-order valence-electron chi connectivity index (χ2n) is 4.12. The number of hydrogen-bond donors (Lipinski definition) is 1. The Balaban J connectivity index is 3.09. The first-order valence-corrected chi connectivity index (χ1v) is 7.28. The molecule has 0 aliphatic rings. The van der Waals surface area contributed by atoms with Crippen LogP contribution < -0.4 is 15.2 Å². The minimum Gasteiger partial charge on any atom is -0.496 e. The van der Waals surface area contributed by atoms with Crippen LogP contribution in [0, 0.1) is 0 Å². The molecule has 0 amide bonds. The van der Waals surface area contributed by atoms with E-state index in [0.29, 0.717) is 0 Å². The maximum absolute atomic E-state index is 6.02. The molecule has 4 heteroatoms. The van der Waals surface area contributed by atoms with E-state index in [-0.39, 0.29) is 6.04 Å². The van der Waals surface area contributed by atoms with E-state index in [1.807, 2.05) is 12.1 Å². The third kappa shape index (κ3) is 3.82. The maximum Gasteiger partial charge on any atom is 0.132 e. The molecule has 102 valence electrons. The second kappa shape index (κ2) is 7.54. The summed E-state index contributed by atoms with van der Waals surface area (Å²) in [4.78, 5) is 1.12. The van der Waals surface area contributed by atoms with Gasteiger partial charge in [-0.25, -0.2) is 0 Å². The van der Waals surface area contributed by atoms with Crippen molar-refractivity contribution >= 4 is 11.8 Å². The van der Waals surface area contributed by atoms with E-state index in [0.717, 1.165) is 40.6 Å².